The molecule has 0 unspecified atom stereocenters. The van der Waals surface area contributed by atoms with Crippen molar-refractivity contribution in [2.24, 2.45) is 5.73 Å². The third-order valence-corrected chi connectivity index (χ3v) is 7.07. The Morgan fingerprint density at radius 2 is 1.95 bits per heavy atom. The van der Waals surface area contributed by atoms with Crippen LogP contribution in [0.3, 0.4) is 0 Å². The number of carbonyl (C=O) groups is 1. The van der Waals surface area contributed by atoms with Crippen molar-refractivity contribution in [3.05, 3.63) is 89.8 Å². The molecule has 2 aromatic heterocycles. The Bertz CT molecular complexity index is 1560. The highest BCUT2D eigenvalue weighted by molar-refractivity contribution is 6.03. The summed E-state index contributed by atoms with van der Waals surface area (Å²) in [6.45, 7) is 0. The zero-order chi connectivity index (χ0) is 27.4. The number of nitrogens with one attached hydrogen (secondary N) is 1. The van der Waals surface area contributed by atoms with Crippen molar-refractivity contribution < 1.29 is 13.9 Å². The summed E-state index contributed by atoms with van der Waals surface area (Å²) < 4.78 is 19.9. The molecular weight excluding hydrogens is 495 g/mol. The zero-order valence-corrected chi connectivity index (χ0v) is 21.4. The first kappa shape index (κ1) is 25.9. The fourth-order valence-electron chi connectivity index (χ4n) is 5.02. The number of benzene rings is 2. The Hall–Kier alpha value is -4.68. The van der Waals surface area contributed by atoms with Crippen molar-refractivity contribution in [3.63, 3.8) is 0 Å². The van der Waals surface area contributed by atoms with E-state index in [4.69, 9.17) is 10.5 Å². The van der Waals surface area contributed by atoms with Crippen molar-refractivity contribution in [2.45, 2.75) is 37.6 Å². The van der Waals surface area contributed by atoms with Crippen LogP contribution < -0.4 is 15.8 Å². The van der Waals surface area contributed by atoms with E-state index in [-0.39, 0.29) is 34.8 Å². The number of hydrogen-bond donors (Lipinski definition) is 2. The van der Waals surface area contributed by atoms with E-state index < -0.39 is 11.7 Å². The van der Waals surface area contributed by atoms with Crippen LogP contribution in [0.5, 0.6) is 5.75 Å². The molecule has 1 aliphatic carbocycles. The van der Waals surface area contributed by atoms with Crippen molar-refractivity contribution >= 4 is 11.6 Å². The normalized spacial score (nSPS) is 16.8. The fourth-order valence-corrected chi connectivity index (χ4v) is 5.02. The molecule has 2 heterocycles. The molecule has 0 aliphatic heterocycles. The molecule has 5 rings (SSSR count). The van der Waals surface area contributed by atoms with Gasteiger partial charge in [-0.3, -0.25) is 9.78 Å². The molecule has 9 heteroatoms. The second kappa shape index (κ2) is 11.4. The maximum Gasteiger partial charge on any atom is 0.274 e. The zero-order valence-electron chi connectivity index (χ0n) is 21.4. The van der Waals surface area contributed by atoms with Gasteiger partial charge < -0.3 is 15.8 Å². The van der Waals surface area contributed by atoms with Crippen LogP contribution in [0.4, 0.5) is 10.1 Å². The molecule has 8 nitrogen and oxygen atoms in total. The number of halogens is 1. The predicted molar refractivity (Wildman–Crippen MR) is 146 cm³/mol. The van der Waals surface area contributed by atoms with Gasteiger partial charge in [-0.05, 0) is 79.1 Å². The Balaban J connectivity index is 1.50. The van der Waals surface area contributed by atoms with Gasteiger partial charge in [0.2, 0.25) is 0 Å². The maximum absolute atomic E-state index is 14.6. The molecule has 0 spiro atoms. The lowest BCUT2D eigenvalue weighted by Crippen LogP contribution is -2.26. The number of nitrogens with two attached hydrogens (primary N) is 1. The SMILES string of the molecule is COc1cccc(F)c1-c1nccc(C(=O)Nc2ccc(-c3cnccc3C#N)cc2[C@H]2CC[C@@H](N)CC2)n1. The minimum atomic E-state index is -0.549. The molecule has 1 aliphatic rings. The second-order valence-electron chi connectivity index (χ2n) is 9.48. The number of hydrogen-bond acceptors (Lipinski definition) is 7. The van der Waals surface area contributed by atoms with Gasteiger partial charge in [0.25, 0.3) is 5.91 Å². The Kier molecular flexibility index (Phi) is 7.57. The Labute approximate surface area is 225 Å². The number of pyridine rings is 1. The standard InChI is InChI=1S/C30H27FN6O2/c1-39-27-4-2-3-24(31)28(27)29-35-14-12-26(36-29)30(38)37-25-10-7-19(23-17-34-13-11-20(23)16-32)15-22(25)18-5-8-21(33)9-6-18/h2-4,7,10-15,17-18,21H,5-6,8-9,33H2,1H3,(H,37,38)/t18-,21+. The summed E-state index contributed by atoms with van der Waals surface area (Å²) in [5.74, 6) is -0.490. The van der Waals surface area contributed by atoms with Crippen LogP contribution in [0.25, 0.3) is 22.5 Å². The van der Waals surface area contributed by atoms with Gasteiger partial charge in [0, 0.05) is 35.9 Å². The Morgan fingerprint density at radius 1 is 1.13 bits per heavy atom. The first-order valence-corrected chi connectivity index (χ1v) is 12.7. The lowest BCUT2D eigenvalue weighted by molar-refractivity contribution is 0.102. The quantitative estimate of drug-likeness (QED) is 0.344. The summed E-state index contributed by atoms with van der Waals surface area (Å²) in [7, 11) is 1.43. The first-order valence-electron chi connectivity index (χ1n) is 12.7. The first-order chi connectivity index (χ1) is 19.0. The highest BCUT2D eigenvalue weighted by atomic mass is 19.1. The molecule has 4 aromatic rings. The molecule has 1 fully saturated rings. The largest absolute Gasteiger partial charge is 0.496 e. The number of amides is 1. The molecule has 196 valence electrons. The van der Waals surface area contributed by atoms with Gasteiger partial charge in [-0.25, -0.2) is 14.4 Å². The molecule has 0 atom stereocenters. The number of methoxy groups -OCH3 is 1. The van der Waals surface area contributed by atoms with Crippen molar-refractivity contribution in [1.29, 1.82) is 5.26 Å². The molecule has 0 radical (unpaired) electrons. The van der Waals surface area contributed by atoms with Crippen LogP contribution in [-0.4, -0.2) is 34.0 Å². The number of nitriles is 1. The van der Waals surface area contributed by atoms with Gasteiger partial charge in [-0.15, -0.1) is 0 Å². The van der Waals surface area contributed by atoms with E-state index in [1.165, 1.54) is 31.5 Å². The van der Waals surface area contributed by atoms with Crippen LogP contribution >= 0.6 is 0 Å². The van der Waals surface area contributed by atoms with E-state index in [1.54, 1.807) is 24.5 Å². The number of ether oxygens (including phenoxy) is 1. The molecule has 3 N–H and O–H groups in total. The summed E-state index contributed by atoms with van der Waals surface area (Å²) in [5.41, 5.74) is 10.0. The summed E-state index contributed by atoms with van der Waals surface area (Å²) in [5, 5.41) is 12.6. The summed E-state index contributed by atoms with van der Waals surface area (Å²) in [6.07, 6.45) is 8.23. The fraction of sp³-hybridized carbons (Fsp3) is 0.233. The summed E-state index contributed by atoms with van der Waals surface area (Å²) >= 11 is 0. The maximum atomic E-state index is 14.6. The summed E-state index contributed by atoms with van der Waals surface area (Å²) in [6, 6.07) is 15.7. The van der Waals surface area contributed by atoms with Crippen LogP contribution in [0.2, 0.25) is 0 Å². The van der Waals surface area contributed by atoms with Gasteiger partial charge in [-0.1, -0.05) is 12.1 Å². The molecule has 0 bridgehead atoms. The molecule has 39 heavy (non-hydrogen) atoms. The van der Waals surface area contributed by atoms with Crippen molar-refractivity contribution in [2.75, 3.05) is 12.4 Å². The van der Waals surface area contributed by atoms with Gasteiger partial charge in [0.05, 0.1) is 24.3 Å². The topological polar surface area (TPSA) is 127 Å². The molecule has 2 aromatic carbocycles. The van der Waals surface area contributed by atoms with Crippen LogP contribution in [0.1, 0.15) is 53.2 Å². The number of carbonyl (C=O) groups excluding carboxylic acids is 1. The predicted octanol–water partition coefficient (Wildman–Crippen LogP) is 5.46. The van der Waals surface area contributed by atoms with Crippen LogP contribution in [0, 0.1) is 17.1 Å². The average molecular weight is 523 g/mol. The van der Waals surface area contributed by atoms with Crippen LogP contribution in [-0.2, 0) is 0 Å². The number of nitrogens with zero attached hydrogens (tertiary/aromatic N) is 4. The Morgan fingerprint density at radius 3 is 2.72 bits per heavy atom. The minimum Gasteiger partial charge on any atom is -0.496 e. The monoisotopic (exact) mass is 522 g/mol. The van der Waals surface area contributed by atoms with E-state index in [1.807, 2.05) is 18.2 Å². The molecule has 1 amide bonds. The third kappa shape index (κ3) is 5.47. The minimum absolute atomic E-state index is 0.0510. The summed E-state index contributed by atoms with van der Waals surface area (Å²) in [4.78, 5) is 26.1. The van der Waals surface area contributed by atoms with E-state index >= 15 is 0 Å². The van der Waals surface area contributed by atoms with Crippen molar-refractivity contribution in [1.82, 2.24) is 15.0 Å². The van der Waals surface area contributed by atoms with Gasteiger partial charge in [0.1, 0.15) is 17.3 Å². The number of anilines is 1. The smallest absolute Gasteiger partial charge is 0.274 e. The second-order valence-corrected chi connectivity index (χ2v) is 9.48. The molecule has 0 saturated heterocycles. The third-order valence-electron chi connectivity index (χ3n) is 7.07. The lowest BCUT2D eigenvalue weighted by atomic mass is 9.80. The van der Waals surface area contributed by atoms with Gasteiger partial charge in [-0.2, -0.15) is 5.26 Å². The van der Waals surface area contributed by atoms with Crippen LogP contribution in [0.15, 0.2) is 67.1 Å². The highest BCUT2D eigenvalue weighted by Gasteiger charge is 2.24. The van der Waals surface area contributed by atoms with E-state index in [9.17, 15) is 14.4 Å². The highest BCUT2D eigenvalue weighted by Crippen LogP contribution is 2.39. The number of rotatable bonds is 6. The van der Waals surface area contributed by atoms with E-state index in [0.717, 1.165) is 42.4 Å². The van der Waals surface area contributed by atoms with Crippen molar-refractivity contribution in [3.8, 4) is 34.3 Å². The molecule has 1 saturated carbocycles. The van der Waals surface area contributed by atoms with Gasteiger partial charge >= 0.3 is 0 Å². The molecular formula is C30H27FN6O2. The average Bonchev–Trinajstić information content (AvgIpc) is 2.97. The van der Waals surface area contributed by atoms with E-state index in [2.05, 4.69) is 26.3 Å². The number of aromatic nitrogens is 3. The van der Waals surface area contributed by atoms with Gasteiger partial charge in [0.15, 0.2) is 5.82 Å². The van der Waals surface area contributed by atoms with E-state index in [0.29, 0.717) is 11.3 Å². The lowest BCUT2D eigenvalue weighted by Gasteiger charge is -2.28.